The van der Waals surface area contributed by atoms with Crippen molar-refractivity contribution < 1.29 is 19.4 Å². The highest BCUT2D eigenvalue weighted by atomic mass is 16.5. The van der Waals surface area contributed by atoms with Gasteiger partial charge in [-0.3, -0.25) is 4.79 Å². The van der Waals surface area contributed by atoms with E-state index in [1.807, 2.05) is 0 Å². The number of anilines is 1. The predicted molar refractivity (Wildman–Crippen MR) is 67.6 cm³/mol. The molecule has 2 atom stereocenters. The number of carboxylic acid groups (broad SMARTS) is 1. The number of carbonyl (C=O) groups excluding carboxylic acids is 1. The van der Waals surface area contributed by atoms with Crippen molar-refractivity contribution in [2.24, 2.45) is 5.92 Å². The molecule has 0 aliphatic heterocycles. The van der Waals surface area contributed by atoms with Crippen molar-refractivity contribution in [2.45, 2.75) is 19.3 Å². The molecule has 1 aromatic carbocycles. The van der Waals surface area contributed by atoms with E-state index in [2.05, 4.69) is 0 Å². The van der Waals surface area contributed by atoms with Gasteiger partial charge in [0.2, 0.25) is 0 Å². The SMILES string of the molecule is COc1cc(N)ccc1C(C)C(C=O)CC(=O)O. The maximum Gasteiger partial charge on any atom is 0.304 e. The molecule has 0 saturated heterocycles. The molecule has 0 bridgehead atoms. The largest absolute Gasteiger partial charge is 0.496 e. The summed E-state index contributed by atoms with van der Waals surface area (Å²) in [5, 5.41) is 8.77. The number of hydrogen-bond acceptors (Lipinski definition) is 4. The van der Waals surface area contributed by atoms with Crippen LogP contribution in [0.3, 0.4) is 0 Å². The number of hydrogen-bond donors (Lipinski definition) is 2. The molecule has 0 fully saturated rings. The highest BCUT2D eigenvalue weighted by Gasteiger charge is 2.23. The number of methoxy groups -OCH3 is 1. The molecule has 5 nitrogen and oxygen atoms in total. The van der Waals surface area contributed by atoms with E-state index in [9.17, 15) is 9.59 Å². The molecule has 3 N–H and O–H groups in total. The van der Waals surface area contributed by atoms with E-state index in [0.29, 0.717) is 17.7 Å². The Morgan fingerprint density at radius 2 is 2.22 bits per heavy atom. The van der Waals surface area contributed by atoms with Crippen LogP contribution in [0.15, 0.2) is 18.2 Å². The van der Waals surface area contributed by atoms with Crippen LogP contribution >= 0.6 is 0 Å². The first kappa shape index (κ1) is 14.0. The molecule has 1 aromatic rings. The van der Waals surface area contributed by atoms with E-state index in [-0.39, 0.29) is 12.3 Å². The van der Waals surface area contributed by atoms with E-state index in [4.69, 9.17) is 15.6 Å². The average Bonchev–Trinajstić information content (AvgIpc) is 2.34. The average molecular weight is 251 g/mol. The maximum absolute atomic E-state index is 11.0. The number of aliphatic carboxylic acids is 1. The zero-order valence-corrected chi connectivity index (χ0v) is 10.4. The second kappa shape index (κ2) is 6.05. The quantitative estimate of drug-likeness (QED) is 0.593. The first-order valence-corrected chi connectivity index (χ1v) is 5.60. The van der Waals surface area contributed by atoms with Crippen molar-refractivity contribution in [3.63, 3.8) is 0 Å². The van der Waals surface area contributed by atoms with Crippen LogP contribution in [0.25, 0.3) is 0 Å². The van der Waals surface area contributed by atoms with Crippen LogP contribution in [0, 0.1) is 5.92 Å². The third-order valence-electron chi connectivity index (χ3n) is 2.98. The number of ether oxygens (including phenoxy) is 1. The van der Waals surface area contributed by atoms with Gasteiger partial charge < -0.3 is 20.4 Å². The van der Waals surface area contributed by atoms with Gasteiger partial charge in [-0.05, 0) is 17.5 Å². The van der Waals surface area contributed by atoms with Crippen LogP contribution in [-0.2, 0) is 9.59 Å². The summed E-state index contributed by atoms with van der Waals surface area (Å²) < 4.78 is 5.20. The Morgan fingerprint density at radius 3 is 2.72 bits per heavy atom. The van der Waals surface area contributed by atoms with Crippen LogP contribution in [0.4, 0.5) is 5.69 Å². The van der Waals surface area contributed by atoms with Gasteiger partial charge in [0.05, 0.1) is 13.5 Å². The van der Waals surface area contributed by atoms with Gasteiger partial charge in [0.25, 0.3) is 0 Å². The van der Waals surface area contributed by atoms with Crippen LogP contribution in [-0.4, -0.2) is 24.5 Å². The number of rotatable bonds is 6. The molecule has 5 heteroatoms. The van der Waals surface area contributed by atoms with E-state index >= 15 is 0 Å². The molecular formula is C13H17NO4. The Hall–Kier alpha value is -2.04. The summed E-state index contributed by atoms with van der Waals surface area (Å²) in [4.78, 5) is 21.7. The summed E-state index contributed by atoms with van der Waals surface area (Å²) in [6, 6.07) is 5.13. The molecule has 0 heterocycles. The molecule has 1 rings (SSSR count). The number of nitrogen functional groups attached to an aromatic ring is 1. The molecule has 0 radical (unpaired) electrons. The molecule has 98 valence electrons. The predicted octanol–water partition coefficient (Wildman–Crippen LogP) is 1.67. The van der Waals surface area contributed by atoms with Gasteiger partial charge >= 0.3 is 5.97 Å². The molecule has 0 saturated carbocycles. The van der Waals surface area contributed by atoms with E-state index in [1.165, 1.54) is 7.11 Å². The minimum atomic E-state index is -0.992. The molecular weight excluding hydrogens is 234 g/mol. The lowest BCUT2D eigenvalue weighted by atomic mass is 9.86. The molecule has 18 heavy (non-hydrogen) atoms. The first-order valence-electron chi connectivity index (χ1n) is 5.60. The van der Waals surface area contributed by atoms with Gasteiger partial charge in [-0.1, -0.05) is 13.0 Å². The summed E-state index contributed by atoms with van der Waals surface area (Å²) in [7, 11) is 1.51. The fraction of sp³-hybridized carbons (Fsp3) is 0.385. The van der Waals surface area contributed by atoms with Crippen molar-refractivity contribution in [1.82, 2.24) is 0 Å². The van der Waals surface area contributed by atoms with Gasteiger partial charge in [0.15, 0.2) is 0 Å². The Balaban J connectivity index is 3.04. The summed E-state index contributed by atoms with van der Waals surface area (Å²) >= 11 is 0. The highest BCUT2D eigenvalue weighted by molar-refractivity contribution is 5.72. The van der Waals surface area contributed by atoms with Crippen LogP contribution in [0.5, 0.6) is 5.75 Å². The summed E-state index contributed by atoms with van der Waals surface area (Å²) in [6.07, 6.45) is 0.479. The second-order valence-corrected chi connectivity index (χ2v) is 4.19. The van der Waals surface area contributed by atoms with Crippen molar-refractivity contribution in [3.05, 3.63) is 23.8 Å². The van der Waals surface area contributed by atoms with Gasteiger partial charge in [-0.15, -0.1) is 0 Å². The van der Waals surface area contributed by atoms with Crippen LogP contribution < -0.4 is 10.5 Å². The van der Waals surface area contributed by atoms with Crippen LogP contribution in [0.2, 0.25) is 0 Å². The smallest absolute Gasteiger partial charge is 0.304 e. The van der Waals surface area contributed by atoms with Crippen molar-refractivity contribution >= 4 is 17.9 Å². The molecule has 0 aliphatic carbocycles. The Labute approximate surface area is 106 Å². The molecule has 0 amide bonds. The number of aldehydes is 1. The standard InChI is InChI=1S/C13H17NO4/c1-8(9(7-15)5-13(16)17)11-4-3-10(14)6-12(11)18-2/h3-4,6-9H,5,14H2,1-2H3,(H,16,17). The monoisotopic (exact) mass is 251 g/mol. The lowest BCUT2D eigenvalue weighted by Crippen LogP contribution is -2.16. The lowest BCUT2D eigenvalue weighted by Gasteiger charge is -2.20. The van der Waals surface area contributed by atoms with E-state index in [1.54, 1.807) is 25.1 Å². The first-order chi connectivity index (χ1) is 8.49. The fourth-order valence-corrected chi connectivity index (χ4v) is 1.88. The molecule has 0 spiro atoms. The maximum atomic E-state index is 11.0. The van der Waals surface area contributed by atoms with Gasteiger partial charge in [0.1, 0.15) is 12.0 Å². The van der Waals surface area contributed by atoms with Gasteiger partial charge in [-0.2, -0.15) is 0 Å². The van der Waals surface area contributed by atoms with Crippen molar-refractivity contribution in [2.75, 3.05) is 12.8 Å². The molecule has 0 aromatic heterocycles. The number of carbonyl (C=O) groups is 2. The lowest BCUT2D eigenvalue weighted by molar-refractivity contribution is -0.139. The fourth-order valence-electron chi connectivity index (χ4n) is 1.88. The van der Waals surface area contributed by atoms with Crippen molar-refractivity contribution in [1.29, 1.82) is 0 Å². The van der Waals surface area contributed by atoms with E-state index < -0.39 is 11.9 Å². The third kappa shape index (κ3) is 3.23. The number of nitrogens with two attached hydrogens (primary N) is 1. The van der Waals surface area contributed by atoms with Crippen molar-refractivity contribution in [3.8, 4) is 5.75 Å². The number of benzene rings is 1. The van der Waals surface area contributed by atoms with Crippen LogP contribution in [0.1, 0.15) is 24.8 Å². The Bertz CT molecular complexity index is 445. The zero-order valence-electron chi connectivity index (χ0n) is 10.4. The second-order valence-electron chi connectivity index (χ2n) is 4.19. The third-order valence-corrected chi connectivity index (χ3v) is 2.98. The molecule has 2 unspecified atom stereocenters. The van der Waals surface area contributed by atoms with Gasteiger partial charge in [0, 0.05) is 17.7 Å². The Kier molecular flexibility index (Phi) is 4.71. The summed E-state index contributed by atoms with van der Waals surface area (Å²) in [5.74, 6) is -1.25. The summed E-state index contributed by atoms with van der Waals surface area (Å²) in [5.41, 5.74) is 6.99. The van der Waals surface area contributed by atoms with E-state index in [0.717, 1.165) is 5.56 Å². The normalized spacial score (nSPS) is 13.7. The van der Waals surface area contributed by atoms with Gasteiger partial charge in [-0.25, -0.2) is 0 Å². The number of carboxylic acids is 1. The minimum Gasteiger partial charge on any atom is -0.496 e. The highest BCUT2D eigenvalue weighted by Crippen LogP contribution is 2.33. The topological polar surface area (TPSA) is 89.6 Å². The zero-order chi connectivity index (χ0) is 13.7. The summed E-state index contributed by atoms with van der Waals surface area (Å²) in [6.45, 7) is 1.80. The molecule has 0 aliphatic rings. The minimum absolute atomic E-state index is 0.196. The Morgan fingerprint density at radius 1 is 1.56 bits per heavy atom.